The van der Waals surface area contributed by atoms with Gasteiger partial charge in [-0.2, -0.15) is 4.98 Å². The Balaban J connectivity index is 0.000000420. The molecule has 0 fully saturated rings. The van der Waals surface area contributed by atoms with Crippen LogP contribution in [0.1, 0.15) is 30.5 Å². The topological polar surface area (TPSA) is 151 Å². The van der Waals surface area contributed by atoms with Crippen molar-refractivity contribution in [2.75, 3.05) is 11.1 Å². The van der Waals surface area contributed by atoms with Gasteiger partial charge in [-0.1, -0.05) is 6.07 Å². The fourth-order valence-corrected chi connectivity index (χ4v) is 2.95. The molecule has 0 amide bonds. The molecule has 0 atom stereocenters. The normalized spacial score (nSPS) is 10.8. The van der Waals surface area contributed by atoms with Crippen molar-refractivity contribution in [3.8, 4) is 11.1 Å². The first-order chi connectivity index (χ1) is 15.6. The highest BCUT2D eigenvalue weighted by Gasteiger charge is 2.16. The van der Waals surface area contributed by atoms with E-state index in [9.17, 15) is 4.39 Å². The standard InChI is InChI=1S/C19H16FN5.2C2H4O2/c1-11-6-12(2-3-17(11)20)15-8-14(7-13-9-22-10-16(13)15)24-18-4-5-23-19(21)25-18;2*1-2(3)4/h2-9H,10H2,1H3,(H3,21,23,24,25);2*1H3,(H,3,4). The zero-order valence-corrected chi connectivity index (χ0v) is 18.3. The molecule has 33 heavy (non-hydrogen) atoms. The lowest BCUT2D eigenvalue weighted by atomic mass is 9.95. The predicted molar refractivity (Wildman–Crippen MR) is 124 cm³/mol. The van der Waals surface area contributed by atoms with Crippen molar-refractivity contribution in [1.82, 2.24) is 9.97 Å². The number of halogens is 1. The number of aliphatic imine (C=N–C) groups is 1. The van der Waals surface area contributed by atoms with Crippen LogP contribution < -0.4 is 11.1 Å². The van der Waals surface area contributed by atoms with E-state index in [0.717, 1.165) is 41.8 Å². The third-order valence-electron chi connectivity index (χ3n) is 4.18. The Labute approximate surface area is 189 Å². The van der Waals surface area contributed by atoms with Gasteiger partial charge in [0.1, 0.15) is 11.6 Å². The molecule has 9 nitrogen and oxygen atoms in total. The minimum Gasteiger partial charge on any atom is -0.481 e. The van der Waals surface area contributed by atoms with Crippen LogP contribution >= 0.6 is 0 Å². The maximum Gasteiger partial charge on any atom is 0.300 e. The number of nitrogens with one attached hydrogen (secondary N) is 1. The van der Waals surface area contributed by atoms with E-state index in [-0.39, 0.29) is 11.8 Å². The third-order valence-corrected chi connectivity index (χ3v) is 4.18. The molecule has 10 heteroatoms. The molecule has 1 aromatic heterocycles. The molecule has 1 aliphatic heterocycles. The Morgan fingerprint density at radius 2 is 1.76 bits per heavy atom. The second-order valence-electron chi connectivity index (χ2n) is 6.99. The van der Waals surface area contributed by atoms with Crippen molar-refractivity contribution in [3.63, 3.8) is 0 Å². The molecule has 5 N–H and O–H groups in total. The highest BCUT2D eigenvalue weighted by Crippen LogP contribution is 2.34. The number of nitrogens with two attached hydrogens (primary N) is 1. The van der Waals surface area contributed by atoms with Gasteiger partial charge in [0, 0.05) is 37.5 Å². The van der Waals surface area contributed by atoms with Gasteiger partial charge in [0.05, 0.1) is 6.54 Å². The van der Waals surface area contributed by atoms with Crippen LogP contribution in [0.5, 0.6) is 0 Å². The number of hydrogen-bond donors (Lipinski definition) is 4. The summed E-state index contributed by atoms with van der Waals surface area (Å²) >= 11 is 0. The van der Waals surface area contributed by atoms with Crippen molar-refractivity contribution in [2.24, 2.45) is 4.99 Å². The van der Waals surface area contributed by atoms with Gasteiger partial charge in [-0.15, -0.1) is 0 Å². The molecular formula is C23H24FN5O4. The van der Waals surface area contributed by atoms with Crippen LogP contribution in [0.2, 0.25) is 0 Å². The van der Waals surface area contributed by atoms with Crippen LogP contribution in [-0.4, -0.2) is 38.3 Å². The summed E-state index contributed by atoms with van der Waals surface area (Å²) in [7, 11) is 0. The molecule has 0 saturated heterocycles. The number of rotatable bonds is 3. The molecule has 4 rings (SSSR count). The van der Waals surface area contributed by atoms with Gasteiger partial charge in [0.2, 0.25) is 5.95 Å². The SMILES string of the molecule is CC(=O)O.CC(=O)O.Cc1cc(-c2cc(Nc3ccnc(N)n3)cc3c2CN=C3)ccc1F. The van der Waals surface area contributed by atoms with Crippen LogP contribution in [0, 0.1) is 12.7 Å². The molecule has 0 saturated carbocycles. The van der Waals surface area contributed by atoms with Gasteiger partial charge in [0.25, 0.3) is 11.9 Å². The van der Waals surface area contributed by atoms with Gasteiger partial charge in [-0.3, -0.25) is 14.6 Å². The van der Waals surface area contributed by atoms with Crippen LogP contribution in [-0.2, 0) is 16.1 Å². The Morgan fingerprint density at radius 1 is 1.09 bits per heavy atom. The number of aryl methyl sites for hydroxylation is 1. The number of aromatic nitrogens is 2. The van der Waals surface area contributed by atoms with Crippen LogP contribution in [0.4, 0.5) is 21.8 Å². The molecule has 0 spiro atoms. The van der Waals surface area contributed by atoms with Crippen molar-refractivity contribution in [2.45, 2.75) is 27.3 Å². The van der Waals surface area contributed by atoms with E-state index in [2.05, 4.69) is 20.3 Å². The van der Waals surface area contributed by atoms with Crippen molar-refractivity contribution in [1.29, 1.82) is 0 Å². The average Bonchev–Trinajstić information content (AvgIpc) is 3.17. The Bertz CT molecular complexity index is 1180. The number of carboxylic acids is 2. The monoisotopic (exact) mass is 453 g/mol. The fraction of sp³-hybridized carbons (Fsp3) is 0.174. The predicted octanol–water partition coefficient (Wildman–Crippen LogP) is 4.03. The summed E-state index contributed by atoms with van der Waals surface area (Å²) in [4.78, 5) is 30.4. The van der Waals surface area contributed by atoms with E-state index in [4.69, 9.17) is 25.5 Å². The van der Waals surface area contributed by atoms with E-state index in [1.165, 1.54) is 6.07 Å². The number of fused-ring (bicyclic) bond motifs is 1. The zero-order chi connectivity index (χ0) is 24.5. The molecule has 0 aliphatic carbocycles. The number of nitrogen functional groups attached to an aromatic ring is 1. The molecule has 2 heterocycles. The highest BCUT2D eigenvalue weighted by atomic mass is 19.1. The minimum atomic E-state index is -0.833. The number of anilines is 3. The lowest BCUT2D eigenvalue weighted by molar-refractivity contribution is -0.135. The largest absolute Gasteiger partial charge is 0.481 e. The molecule has 3 aromatic rings. The first-order valence-electron chi connectivity index (χ1n) is 9.74. The quantitative estimate of drug-likeness (QED) is 0.464. The highest BCUT2D eigenvalue weighted by molar-refractivity contribution is 5.91. The van der Waals surface area contributed by atoms with Crippen LogP contribution in [0.15, 0.2) is 47.6 Å². The Morgan fingerprint density at radius 3 is 2.36 bits per heavy atom. The number of benzene rings is 2. The maximum absolute atomic E-state index is 13.6. The molecule has 0 unspecified atom stereocenters. The van der Waals surface area contributed by atoms with Crippen LogP contribution in [0.25, 0.3) is 11.1 Å². The molecule has 0 bridgehead atoms. The van der Waals surface area contributed by atoms with E-state index < -0.39 is 11.9 Å². The first-order valence-corrected chi connectivity index (χ1v) is 9.74. The van der Waals surface area contributed by atoms with Crippen molar-refractivity contribution >= 4 is 35.6 Å². The summed E-state index contributed by atoms with van der Waals surface area (Å²) in [6.07, 6.45) is 3.46. The number of carbonyl (C=O) groups is 2. The number of carboxylic acid groups (broad SMARTS) is 2. The summed E-state index contributed by atoms with van der Waals surface area (Å²) in [6, 6.07) is 10.9. The van der Waals surface area contributed by atoms with Crippen molar-refractivity contribution in [3.05, 3.63) is 65.1 Å². The Hall–Kier alpha value is -4.34. The average molecular weight is 453 g/mol. The summed E-state index contributed by atoms with van der Waals surface area (Å²) < 4.78 is 13.6. The number of hydrogen-bond acceptors (Lipinski definition) is 7. The smallest absolute Gasteiger partial charge is 0.300 e. The van der Waals surface area contributed by atoms with Gasteiger partial charge in [0.15, 0.2) is 0 Å². The van der Waals surface area contributed by atoms with Gasteiger partial charge < -0.3 is 21.3 Å². The van der Waals surface area contributed by atoms with Crippen LogP contribution in [0.3, 0.4) is 0 Å². The van der Waals surface area contributed by atoms with Gasteiger partial charge in [-0.05, 0) is 59.5 Å². The van der Waals surface area contributed by atoms with Crippen molar-refractivity contribution < 1.29 is 24.2 Å². The first kappa shape index (κ1) is 24.9. The second kappa shape index (κ2) is 11.3. The molecular weight excluding hydrogens is 429 g/mol. The van der Waals surface area contributed by atoms with E-state index in [1.54, 1.807) is 25.3 Å². The lowest BCUT2D eigenvalue weighted by Gasteiger charge is -2.13. The summed E-state index contributed by atoms with van der Waals surface area (Å²) in [5.74, 6) is -1.05. The Kier molecular flexibility index (Phi) is 8.56. The fourth-order valence-electron chi connectivity index (χ4n) is 2.95. The molecule has 0 radical (unpaired) electrons. The summed E-state index contributed by atoms with van der Waals surface area (Å²) in [5.41, 5.74) is 11.3. The van der Waals surface area contributed by atoms with Gasteiger partial charge >= 0.3 is 0 Å². The molecule has 172 valence electrons. The molecule has 1 aliphatic rings. The molecule has 2 aromatic carbocycles. The lowest BCUT2D eigenvalue weighted by Crippen LogP contribution is -2.01. The van der Waals surface area contributed by atoms with E-state index in [0.29, 0.717) is 17.9 Å². The maximum atomic E-state index is 13.6. The minimum absolute atomic E-state index is 0.206. The van der Waals surface area contributed by atoms with E-state index in [1.807, 2.05) is 24.4 Å². The summed E-state index contributed by atoms with van der Waals surface area (Å²) in [6.45, 7) is 4.56. The zero-order valence-electron chi connectivity index (χ0n) is 18.3. The van der Waals surface area contributed by atoms with Gasteiger partial charge in [-0.25, -0.2) is 9.37 Å². The number of aliphatic carboxylic acids is 2. The summed E-state index contributed by atoms with van der Waals surface area (Å²) in [5, 5.41) is 18.1. The third kappa shape index (κ3) is 7.69. The number of nitrogens with zero attached hydrogens (tertiary/aromatic N) is 3. The second-order valence-corrected chi connectivity index (χ2v) is 6.99. The van der Waals surface area contributed by atoms with E-state index >= 15 is 0 Å².